The summed E-state index contributed by atoms with van der Waals surface area (Å²) >= 11 is 0. The number of ether oxygens (including phenoxy) is 2. The topological polar surface area (TPSA) is 68.9 Å². The molecular formula is C16H22IN3O2. The quantitative estimate of drug-likeness (QED) is 0.453. The minimum Gasteiger partial charge on any atom is -0.496 e. The number of benzene rings is 1. The second-order valence-electron chi connectivity index (χ2n) is 5.31. The van der Waals surface area contributed by atoms with E-state index in [1.54, 1.807) is 6.26 Å². The number of hydrogen-bond acceptors (Lipinski definition) is 3. The van der Waals surface area contributed by atoms with Crippen molar-refractivity contribution < 1.29 is 9.47 Å². The molecule has 0 radical (unpaired) electrons. The molecule has 6 heteroatoms. The Morgan fingerprint density at radius 1 is 1.32 bits per heavy atom. The number of halogens is 1. The second kappa shape index (κ2) is 8.26. The molecule has 5 nitrogen and oxygen atoms in total. The zero-order valence-corrected chi connectivity index (χ0v) is 14.7. The number of rotatable bonds is 3. The normalized spacial score (nSPS) is 23.5. The third-order valence-corrected chi connectivity index (χ3v) is 3.77. The summed E-state index contributed by atoms with van der Waals surface area (Å²) < 4.78 is 11.1. The Balaban J connectivity index is 0.00000176. The second-order valence-corrected chi connectivity index (χ2v) is 5.31. The van der Waals surface area contributed by atoms with Gasteiger partial charge < -0.3 is 20.5 Å². The summed E-state index contributed by atoms with van der Waals surface area (Å²) in [6, 6.07) is 8.20. The molecule has 2 heterocycles. The number of fused-ring (bicyclic) bond motifs is 1. The number of hydrogen-bond donors (Lipinski definition) is 2. The van der Waals surface area contributed by atoms with E-state index in [1.165, 1.54) is 0 Å². The monoisotopic (exact) mass is 415 g/mol. The largest absolute Gasteiger partial charge is 0.496 e. The fourth-order valence-corrected chi connectivity index (χ4v) is 2.64. The number of para-hydroxylation sites is 1. The summed E-state index contributed by atoms with van der Waals surface area (Å²) in [4.78, 5) is 4.40. The van der Waals surface area contributed by atoms with Crippen LogP contribution in [-0.2, 0) is 4.74 Å². The molecule has 3 N–H and O–H groups in total. The molecule has 1 aromatic carbocycles. The lowest BCUT2D eigenvalue weighted by molar-refractivity contribution is 0.131. The third kappa shape index (κ3) is 4.28. The van der Waals surface area contributed by atoms with Crippen molar-refractivity contribution in [1.29, 1.82) is 0 Å². The SMILES string of the molecule is I.NC(=NCC1CCC=CO1)NC1CCOc2ccccc21. The van der Waals surface area contributed by atoms with E-state index >= 15 is 0 Å². The highest BCUT2D eigenvalue weighted by Crippen LogP contribution is 2.31. The maximum atomic E-state index is 6.00. The van der Waals surface area contributed by atoms with Crippen LogP contribution in [0.25, 0.3) is 0 Å². The van der Waals surface area contributed by atoms with Gasteiger partial charge in [-0.3, -0.25) is 0 Å². The van der Waals surface area contributed by atoms with Crippen molar-refractivity contribution in [3.8, 4) is 5.75 Å². The van der Waals surface area contributed by atoms with Crippen molar-refractivity contribution in [2.24, 2.45) is 10.7 Å². The zero-order valence-electron chi connectivity index (χ0n) is 12.4. The van der Waals surface area contributed by atoms with Crippen LogP contribution in [0.3, 0.4) is 0 Å². The first-order valence-corrected chi connectivity index (χ1v) is 7.41. The number of nitrogens with two attached hydrogens (primary N) is 1. The summed E-state index contributed by atoms with van der Waals surface area (Å²) in [5.74, 6) is 1.39. The minimum atomic E-state index is 0. The molecule has 2 aliphatic rings. The third-order valence-electron chi connectivity index (χ3n) is 3.77. The first kappa shape index (κ1) is 16.9. The number of aliphatic imine (C=N–C) groups is 1. The summed E-state index contributed by atoms with van der Waals surface area (Å²) in [6.07, 6.45) is 6.84. The van der Waals surface area contributed by atoms with Crippen molar-refractivity contribution in [3.63, 3.8) is 0 Å². The van der Waals surface area contributed by atoms with Gasteiger partial charge in [0, 0.05) is 12.0 Å². The molecule has 0 spiro atoms. The summed E-state index contributed by atoms with van der Waals surface area (Å²) in [7, 11) is 0. The van der Waals surface area contributed by atoms with Gasteiger partial charge in [0.25, 0.3) is 0 Å². The molecule has 0 aliphatic carbocycles. The van der Waals surface area contributed by atoms with Crippen molar-refractivity contribution >= 4 is 29.9 Å². The first-order chi connectivity index (χ1) is 10.3. The molecule has 0 bridgehead atoms. The van der Waals surface area contributed by atoms with Crippen LogP contribution in [0.1, 0.15) is 30.9 Å². The number of nitrogens with zero attached hydrogens (tertiary/aromatic N) is 1. The molecule has 22 heavy (non-hydrogen) atoms. The van der Waals surface area contributed by atoms with Crippen LogP contribution in [0.4, 0.5) is 0 Å². The Morgan fingerprint density at radius 2 is 2.18 bits per heavy atom. The van der Waals surface area contributed by atoms with Crippen LogP contribution in [0.2, 0.25) is 0 Å². The van der Waals surface area contributed by atoms with Gasteiger partial charge in [0.05, 0.1) is 25.5 Å². The maximum absolute atomic E-state index is 6.00. The van der Waals surface area contributed by atoms with Crippen molar-refractivity contribution in [2.75, 3.05) is 13.2 Å². The first-order valence-electron chi connectivity index (χ1n) is 7.41. The summed E-state index contributed by atoms with van der Waals surface area (Å²) in [5.41, 5.74) is 7.14. The van der Waals surface area contributed by atoms with Crippen molar-refractivity contribution in [2.45, 2.75) is 31.4 Å². The highest BCUT2D eigenvalue weighted by Gasteiger charge is 2.21. The fraction of sp³-hybridized carbons (Fsp3) is 0.438. The van der Waals surface area contributed by atoms with Crippen LogP contribution < -0.4 is 15.8 Å². The van der Waals surface area contributed by atoms with E-state index in [9.17, 15) is 0 Å². The van der Waals surface area contributed by atoms with Crippen molar-refractivity contribution in [3.05, 3.63) is 42.2 Å². The lowest BCUT2D eigenvalue weighted by Crippen LogP contribution is -2.38. The van der Waals surface area contributed by atoms with Gasteiger partial charge in [-0.25, -0.2) is 4.99 Å². The van der Waals surface area contributed by atoms with Gasteiger partial charge in [-0.15, -0.1) is 24.0 Å². The lowest BCUT2D eigenvalue weighted by Gasteiger charge is -2.27. The molecule has 1 aromatic rings. The number of allylic oxidation sites excluding steroid dienone is 1. The molecule has 0 saturated heterocycles. The number of guanidine groups is 1. The van der Waals surface area contributed by atoms with Crippen molar-refractivity contribution in [1.82, 2.24) is 5.32 Å². The molecule has 0 aromatic heterocycles. The van der Waals surface area contributed by atoms with E-state index in [4.69, 9.17) is 15.2 Å². The van der Waals surface area contributed by atoms with Crippen LogP contribution in [-0.4, -0.2) is 25.2 Å². The van der Waals surface area contributed by atoms with E-state index in [0.29, 0.717) is 19.1 Å². The lowest BCUT2D eigenvalue weighted by atomic mass is 10.0. The van der Waals surface area contributed by atoms with E-state index in [0.717, 1.165) is 30.6 Å². The minimum absolute atomic E-state index is 0. The predicted octanol–water partition coefficient (Wildman–Crippen LogP) is 2.73. The van der Waals surface area contributed by atoms with Gasteiger partial charge in [0.1, 0.15) is 11.9 Å². The fourth-order valence-electron chi connectivity index (χ4n) is 2.64. The average Bonchev–Trinajstić information content (AvgIpc) is 2.54. The van der Waals surface area contributed by atoms with Gasteiger partial charge in [0.15, 0.2) is 5.96 Å². The molecular weight excluding hydrogens is 393 g/mol. The van der Waals surface area contributed by atoms with Gasteiger partial charge >= 0.3 is 0 Å². The van der Waals surface area contributed by atoms with Gasteiger partial charge in [-0.2, -0.15) is 0 Å². The molecule has 120 valence electrons. The molecule has 2 unspecified atom stereocenters. The summed E-state index contributed by atoms with van der Waals surface area (Å²) in [5, 5.41) is 3.29. The molecule has 2 atom stereocenters. The highest BCUT2D eigenvalue weighted by atomic mass is 127. The predicted molar refractivity (Wildman–Crippen MR) is 97.6 cm³/mol. The van der Waals surface area contributed by atoms with E-state index in [1.807, 2.05) is 24.3 Å². The van der Waals surface area contributed by atoms with Crippen LogP contribution in [0.5, 0.6) is 5.75 Å². The smallest absolute Gasteiger partial charge is 0.189 e. The Labute approximate surface area is 148 Å². The summed E-state index contributed by atoms with van der Waals surface area (Å²) in [6.45, 7) is 1.28. The highest BCUT2D eigenvalue weighted by molar-refractivity contribution is 14.0. The Kier molecular flexibility index (Phi) is 6.35. The Hall–Kier alpha value is -1.44. The van der Waals surface area contributed by atoms with Crippen LogP contribution in [0, 0.1) is 0 Å². The van der Waals surface area contributed by atoms with Crippen LogP contribution >= 0.6 is 24.0 Å². The molecule has 0 saturated carbocycles. The van der Waals surface area contributed by atoms with E-state index < -0.39 is 0 Å². The average molecular weight is 415 g/mol. The molecule has 2 aliphatic heterocycles. The number of nitrogens with one attached hydrogen (secondary N) is 1. The van der Waals surface area contributed by atoms with E-state index in [-0.39, 0.29) is 36.1 Å². The molecule has 0 amide bonds. The molecule has 0 fully saturated rings. The van der Waals surface area contributed by atoms with Crippen LogP contribution in [0.15, 0.2) is 41.6 Å². The Morgan fingerprint density at radius 3 is 3.00 bits per heavy atom. The maximum Gasteiger partial charge on any atom is 0.189 e. The van der Waals surface area contributed by atoms with Gasteiger partial charge in [0.2, 0.25) is 0 Å². The Bertz CT molecular complexity index is 548. The zero-order chi connectivity index (χ0) is 14.5. The standard InChI is InChI=1S/C16H21N3O2.HI/c17-16(18-11-12-5-3-4-9-20-12)19-14-8-10-21-15-7-2-1-6-13(14)15;/h1-2,4,6-7,9,12,14H,3,5,8,10-11H2,(H3,17,18,19);1H. The molecule has 3 rings (SSSR count). The van der Waals surface area contributed by atoms with E-state index in [2.05, 4.69) is 16.4 Å². The van der Waals surface area contributed by atoms with Gasteiger partial charge in [-0.1, -0.05) is 18.2 Å². The van der Waals surface area contributed by atoms with Gasteiger partial charge in [-0.05, 0) is 25.0 Å².